The van der Waals surface area contributed by atoms with E-state index in [0.717, 1.165) is 20.9 Å². The molecular weight excluding hydrogens is 460 g/mol. The Balaban J connectivity index is 1.37. The van der Waals surface area contributed by atoms with Crippen molar-refractivity contribution in [3.05, 3.63) is 83.4 Å². The molecule has 0 atom stereocenters. The smallest absolute Gasteiger partial charge is 0.412 e. The normalized spacial score (nSPS) is 11.2. The highest BCUT2D eigenvalue weighted by molar-refractivity contribution is 7.22. The van der Waals surface area contributed by atoms with Crippen LogP contribution in [0.1, 0.15) is 42.3 Å². The van der Waals surface area contributed by atoms with Crippen molar-refractivity contribution < 1.29 is 14.3 Å². The molecule has 0 fully saturated rings. The van der Waals surface area contributed by atoms with Crippen LogP contribution in [0.15, 0.2) is 66.7 Å². The molecule has 3 N–H and O–H groups in total. The highest BCUT2D eigenvalue weighted by Gasteiger charge is 2.18. The standard InChI is InChI=1S/C27H28N4O3S/c1-17-9-14-22-23(15-17)35-25(30-22)28-16-18-10-12-19(13-11-18)24(32)29-20-7-5-6-8-21(20)31-26(33)34-27(2,3)4/h5-15H,16H2,1-4H3,(H,28,30)(H,29,32)(H,31,33). The molecule has 2 amide bonds. The minimum Gasteiger partial charge on any atom is -0.444 e. The molecule has 0 saturated heterocycles. The highest BCUT2D eigenvalue weighted by atomic mass is 32.1. The number of para-hydroxylation sites is 2. The predicted octanol–water partition coefficient (Wildman–Crippen LogP) is 6.82. The molecule has 0 bridgehead atoms. The molecule has 0 radical (unpaired) electrons. The van der Waals surface area contributed by atoms with Gasteiger partial charge in [-0.1, -0.05) is 41.7 Å². The molecule has 0 aliphatic heterocycles. The summed E-state index contributed by atoms with van der Waals surface area (Å²) in [5.74, 6) is -0.274. The lowest BCUT2D eigenvalue weighted by Gasteiger charge is -2.20. The van der Waals surface area contributed by atoms with Crippen LogP contribution in [0.2, 0.25) is 0 Å². The Morgan fingerprint density at radius 3 is 2.31 bits per heavy atom. The second kappa shape index (κ2) is 10.1. The summed E-state index contributed by atoms with van der Waals surface area (Å²) in [6.07, 6.45) is -0.584. The predicted molar refractivity (Wildman–Crippen MR) is 142 cm³/mol. The fourth-order valence-electron chi connectivity index (χ4n) is 3.37. The molecule has 0 aliphatic rings. The van der Waals surface area contributed by atoms with Gasteiger partial charge in [-0.3, -0.25) is 10.1 Å². The molecule has 7 nitrogen and oxygen atoms in total. The zero-order valence-electron chi connectivity index (χ0n) is 20.1. The average molecular weight is 489 g/mol. The quantitative estimate of drug-likeness (QED) is 0.277. The zero-order valence-corrected chi connectivity index (χ0v) is 21.0. The molecule has 0 spiro atoms. The Morgan fingerprint density at radius 1 is 0.943 bits per heavy atom. The largest absolute Gasteiger partial charge is 0.444 e. The van der Waals surface area contributed by atoms with Crippen molar-refractivity contribution in [2.24, 2.45) is 0 Å². The molecule has 1 heterocycles. The second-order valence-electron chi connectivity index (χ2n) is 9.17. The number of ether oxygens (including phenoxy) is 1. The Morgan fingerprint density at radius 2 is 1.63 bits per heavy atom. The molecule has 8 heteroatoms. The maximum Gasteiger partial charge on any atom is 0.412 e. The van der Waals surface area contributed by atoms with Crippen LogP contribution in [0.4, 0.5) is 21.3 Å². The number of nitrogens with one attached hydrogen (secondary N) is 3. The fraction of sp³-hybridized carbons (Fsp3) is 0.222. The van der Waals surface area contributed by atoms with Crippen LogP contribution in [0, 0.1) is 6.92 Å². The van der Waals surface area contributed by atoms with Gasteiger partial charge in [0.2, 0.25) is 0 Å². The molecule has 3 aromatic carbocycles. The van der Waals surface area contributed by atoms with E-state index in [1.165, 1.54) is 5.56 Å². The Labute approximate surface area is 208 Å². The number of rotatable bonds is 6. The highest BCUT2D eigenvalue weighted by Crippen LogP contribution is 2.27. The number of amides is 2. The monoisotopic (exact) mass is 488 g/mol. The number of aryl methyl sites for hydroxylation is 1. The second-order valence-corrected chi connectivity index (χ2v) is 10.2. The lowest BCUT2D eigenvalue weighted by molar-refractivity contribution is 0.0635. The number of hydrogen-bond donors (Lipinski definition) is 3. The van der Waals surface area contributed by atoms with Crippen molar-refractivity contribution in [2.45, 2.75) is 39.8 Å². The summed E-state index contributed by atoms with van der Waals surface area (Å²) in [7, 11) is 0. The van der Waals surface area contributed by atoms with Crippen molar-refractivity contribution >= 4 is 50.1 Å². The van der Waals surface area contributed by atoms with Crippen LogP contribution < -0.4 is 16.0 Å². The van der Waals surface area contributed by atoms with E-state index in [4.69, 9.17) is 4.74 Å². The van der Waals surface area contributed by atoms with Gasteiger partial charge in [0.25, 0.3) is 5.91 Å². The van der Waals surface area contributed by atoms with Gasteiger partial charge in [-0.2, -0.15) is 0 Å². The lowest BCUT2D eigenvalue weighted by Crippen LogP contribution is -2.27. The van der Waals surface area contributed by atoms with Crippen molar-refractivity contribution in [3.8, 4) is 0 Å². The lowest BCUT2D eigenvalue weighted by atomic mass is 10.1. The Hall–Kier alpha value is -3.91. The van der Waals surface area contributed by atoms with Gasteiger partial charge < -0.3 is 15.4 Å². The molecule has 0 unspecified atom stereocenters. The number of anilines is 3. The summed E-state index contributed by atoms with van der Waals surface area (Å²) in [6.45, 7) is 8.04. The summed E-state index contributed by atoms with van der Waals surface area (Å²) >= 11 is 1.62. The third kappa shape index (κ3) is 6.58. The van der Waals surface area contributed by atoms with Crippen molar-refractivity contribution in [2.75, 3.05) is 16.0 Å². The van der Waals surface area contributed by atoms with E-state index in [9.17, 15) is 9.59 Å². The molecule has 0 saturated carbocycles. The van der Waals surface area contributed by atoms with Crippen LogP contribution in [-0.4, -0.2) is 22.6 Å². The van der Waals surface area contributed by atoms with Gasteiger partial charge in [0.05, 0.1) is 21.6 Å². The summed E-state index contributed by atoms with van der Waals surface area (Å²) in [6, 6.07) is 20.6. The van der Waals surface area contributed by atoms with Gasteiger partial charge in [-0.05, 0) is 75.2 Å². The summed E-state index contributed by atoms with van der Waals surface area (Å²) in [5.41, 5.74) is 4.06. The van der Waals surface area contributed by atoms with Crippen LogP contribution in [0.5, 0.6) is 0 Å². The van der Waals surface area contributed by atoms with E-state index in [1.807, 2.05) is 18.2 Å². The number of aromatic nitrogens is 1. The maximum absolute atomic E-state index is 12.8. The first-order chi connectivity index (χ1) is 16.7. The van der Waals surface area contributed by atoms with Crippen LogP contribution in [-0.2, 0) is 11.3 Å². The Kier molecular flexibility index (Phi) is 7.02. The van der Waals surface area contributed by atoms with Crippen LogP contribution >= 0.6 is 11.3 Å². The van der Waals surface area contributed by atoms with Crippen LogP contribution in [0.3, 0.4) is 0 Å². The first-order valence-electron chi connectivity index (χ1n) is 11.3. The number of carbonyl (C=O) groups is 2. The van der Waals surface area contributed by atoms with Gasteiger partial charge >= 0.3 is 6.09 Å². The molecule has 4 aromatic rings. The van der Waals surface area contributed by atoms with E-state index >= 15 is 0 Å². The Bertz CT molecular complexity index is 1360. The third-order valence-electron chi connectivity index (χ3n) is 5.01. The topological polar surface area (TPSA) is 92.4 Å². The summed E-state index contributed by atoms with van der Waals surface area (Å²) in [5, 5.41) is 9.76. The number of hydrogen-bond acceptors (Lipinski definition) is 6. The molecule has 0 aliphatic carbocycles. The first-order valence-corrected chi connectivity index (χ1v) is 12.1. The van der Waals surface area contributed by atoms with E-state index in [-0.39, 0.29) is 5.91 Å². The van der Waals surface area contributed by atoms with Crippen molar-refractivity contribution in [3.63, 3.8) is 0 Å². The minimum atomic E-state index is -0.620. The van der Waals surface area contributed by atoms with Gasteiger partial charge in [0.1, 0.15) is 5.60 Å². The SMILES string of the molecule is Cc1ccc2nc(NCc3ccc(C(=O)Nc4ccccc4NC(=O)OC(C)(C)C)cc3)sc2c1. The maximum atomic E-state index is 12.8. The minimum absolute atomic E-state index is 0.274. The molecular formula is C27H28N4O3S. The summed E-state index contributed by atoms with van der Waals surface area (Å²) in [4.78, 5) is 29.6. The molecule has 1 aromatic heterocycles. The van der Waals surface area contributed by atoms with Crippen LogP contribution in [0.25, 0.3) is 10.2 Å². The number of benzene rings is 3. The van der Waals surface area contributed by atoms with Gasteiger partial charge in [0.15, 0.2) is 5.13 Å². The van der Waals surface area contributed by atoms with E-state index in [2.05, 4.69) is 40.0 Å². The summed E-state index contributed by atoms with van der Waals surface area (Å²) < 4.78 is 6.46. The van der Waals surface area contributed by atoms with E-state index in [0.29, 0.717) is 23.5 Å². The molecule has 35 heavy (non-hydrogen) atoms. The third-order valence-corrected chi connectivity index (χ3v) is 5.99. The van der Waals surface area contributed by atoms with Gasteiger partial charge in [0, 0.05) is 12.1 Å². The van der Waals surface area contributed by atoms with E-state index < -0.39 is 11.7 Å². The average Bonchev–Trinajstić information content (AvgIpc) is 3.20. The number of fused-ring (bicyclic) bond motifs is 1. The zero-order chi connectivity index (χ0) is 25.0. The van der Waals surface area contributed by atoms with Gasteiger partial charge in [-0.25, -0.2) is 9.78 Å². The van der Waals surface area contributed by atoms with E-state index in [1.54, 1.807) is 68.5 Å². The number of thiazole rings is 1. The number of nitrogens with zero attached hydrogens (tertiary/aromatic N) is 1. The van der Waals surface area contributed by atoms with Gasteiger partial charge in [-0.15, -0.1) is 0 Å². The number of carbonyl (C=O) groups excluding carboxylic acids is 2. The van der Waals surface area contributed by atoms with Crippen molar-refractivity contribution in [1.82, 2.24) is 4.98 Å². The van der Waals surface area contributed by atoms with Crippen molar-refractivity contribution in [1.29, 1.82) is 0 Å². The molecule has 4 rings (SSSR count). The first kappa shape index (κ1) is 24.2. The fourth-order valence-corrected chi connectivity index (χ4v) is 4.33. The molecule has 180 valence electrons.